The van der Waals surface area contributed by atoms with Crippen LogP contribution in [0.15, 0.2) is 134 Å². The third kappa shape index (κ3) is 4.21. The predicted octanol–water partition coefficient (Wildman–Crippen LogP) is 8.79. The first-order valence-electron chi connectivity index (χ1n) is 13.4. The topological polar surface area (TPSA) is 9.49 Å². The molecule has 0 fully saturated rings. The van der Waals surface area contributed by atoms with Crippen molar-refractivity contribution in [3.05, 3.63) is 126 Å². The van der Waals surface area contributed by atoms with Gasteiger partial charge in [0, 0.05) is 45.8 Å². The summed E-state index contributed by atoms with van der Waals surface area (Å²) < 4.78 is 2.15. The van der Waals surface area contributed by atoms with Crippen LogP contribution in [0.4, 0.5) is 22.7 Å². The minimum Gasteiger partial charge on any atom is -0.343 e. The molecule has 0 amide bonds. The molecule has 4 aromatic carbocycles. The largest absolute Gasteiger partial charge is 0.343 e. The molecule has 7 rings (SSSR count). The highest BCUT2D eigenvalue weighted by atomic mass is 32.2. The van der Waals surface area contributed by atoms with Gasteiger partial charge in [-0.15, -0.1) is 0 Å². The second kappa shape index (κ2) is 9.92. The van der Waals surface area contributed by atoms with Crippen LogP contribution in [0.3, 0.4) is 0 Å². The van der Waals surface area contributed by atoms with Crippen molar-refractivity contribution >= 4 is 57.6 Å². The second-order valence-corrected chi connectivity index (χ2v) is 12.6. The minimum absolute atomic E-state index is 1.19. The van der Waals surface area contributed by atoms with Crippen molar-refractivity contribution in [3.63, 3.8) is 0 Å². The summed E-state index contributed by atoms with van der Waals surface area (Å²) >= 11 is 3.70. The molecule has 1 aliphatic carbocycles. The van der Waals surface area contributed by atoms with Gasteiger partial charge in [-0.3, -0.25) is 0 Å². The Bertz CT molecular complexity index is 1680. The quantitative estimate of drug-likeness (QED) is 0.228. The van der Waals surface area contributed by atoms with Gasteiger partial charge in [0.25, 0.3) is 0 Å². The zero-order valence-corrected chi connectivity index (χ0v) is 24.7. The zero-order valence-electron chi connectivity index (χ0n) is 23.1. The van der Waals surface area contributed by atoms with E-state index in [9.17, 15) is 0 Å². The first-order valence-corrected chi connectivity index (χ1v) is 15.1. The molecule has 196 valence electrons. The van der Waals surface area contributed by atoms with Gasteiger partial charge in [0.05, 0.1) is 22.7 Å². The Balaban J connectivity index is 1.38. The number of hydrogen-bond acceptors (Lipinski definition) is 4. The van der Waals surface area contributed by atoms with Crippen LogP contribution in [0.25, 0.3) is 5.57 Å². The molecule has 3 aliphatic rings. The number of nitrogens with zero attached hydrogens (tertiary/aromatic N) is 3. The highest BCUT2D eigenvalue weighted by Gasteiger charge is 2.25. The highest BCUT2D eigenvalue weighted by Crippen LogP contribution is 2.50. The SMILES string of the molecule is CN1c2ccccc2Sc2ccc(C(=C3C=CC(=[N+](C)C)C=C3)c3ccc4c(c3)N(C)c3ccccc3S4)cc21. The van der Waals surface area contributed by atoms with E-state index in [4.69, 9.17) is 0 Å². The summed E-state index contributed by atoms with van der Waals surface area (Å²) in [6, 6.07) is 31.2. The van der Waals surface area contributed by atoms with E-state index in [-0.39, 0.29) is 0 Å². The van der Waals surface area contributed by atoms with Gasteiger partial charge in [0.2, 0.25) is 0 Å². The van der Waals surface area contributed by atoms with Crippen molar-refractivity contribution in [1.82, 2.24) is 0 Å². The van der Waals surface area contributed by atoms with Gasteiger partial charge < -0.3 is 9.80 Å². The zero-order chi connectivity index (χ0) is 27.4. The van der Waals surface area contributed by atoms with E-state index in [1.807, 2.05) is 23.5 Å². The molecular weight excluding hydrogens is 527 g/mol. The Morgan fingerprint density at radius 1 is 0.550 bits per heavy atom. The predicted molar refractivity (Wildman–Crippen MR) is 172 cm³/mol. The smallest absolute Gasteiger partial charge is 0.199 e. The Labute approximate surface area is 244 Å². The number of para-hydroxylation sites is 2. The first-order chi connectivity index (χ1) is 19.5. The summed E-state index contributed by atoms with van der Waals surface area (Å²) in [5.74, 6) is 0. The van der Waals surface area contributed by atoms with Crippen molar-refractivity contribution in [2.75, 3.05) is 38.0 Å². The van der Waals surface area contributed by atoms with Gasteiger partial charge in [0.1, 0.15) is 14.1 Å². The Kier molecular flexibility index (Phi) is 6.21. The Hall–Kier alpha value is -3.93. The fraction of sp³-hybridized carbons (Fsp3) is 0.114. The van der Waals surface area contributed by atoms with Gasteiger partial charge in [-0.1, -0.05) is 59.9 Å². The molecule has 0 atom stereocenters. The molecule has 0 saturated carbocycles. The summed E-state index contributed by atoms with van der Waals surface area (Å²) in [7, 11) is 8.52. The van der Waals surface area contributed by atoms with Gasteiger partial charge in [-0.2, -0.15) is 0 Å². The first kappa shape index (κ1) is 25.1. The summed E-state index contributed by atoms with van der Waals surface area (Å²) in [5, 5.41) is 0. The lowest BCUT2D eigenvalue weighted by molar-refractivity contribution is -0.462. The van der Waals surface area contributed by atoms with Crippen molar-refractivity contribution < 1.29 is 4.58 Å². The average Bonchev–Trinajstić information content (AvgIpc) is 2.98. The summed E-state index contributed by atoms with van der Waals surface area (Å²) in [4.78, 5) is 9.81. The molecule has 0 radical (unpaired) electrons. The van der Waals surface area contributed by atoms with E-state index in [0.29, 0.717) is 0 Å². The van der Waals surface area contributed by atoms with E-state index in [2.05, 4.69) is 152 Å². The van der Waals surface area contributed by atoms with Gasteiger partial charge in [0.15, 0.2) is 5.71 Å². The summed E-state index contributed by atoms with van der Waals surface area (Å²) in [5.41, 5.74) is 11.1. The maximum atomic E-state index is 2.36. The lowest BCUT2D eigenvalue weighted by Crippen LogP contribution is -2.15. The average molecular weight is 557 g/mol. The van der Waals surface area contributed by atoms with E-state index in [0.717, 1.165) is 0 Å². The van der Waals surface area contributed by atoms with E-state index >= 15 is 0 Å². The maximum Gasteiger partial charge on any atom is 0.199 e. The standard InChI is InChI=1S/C35H30N3S2/c1-36(2)26-17-13-23(14-18-26)35(24-15-19-33-29(21-24)37(3)27-9-5-7-11-31(27)39-33)25-16-20-34-30(22-25)38(4)28-10-6-8-12-32(28)40-34/h5-22H,1-4H3/q+1. The molecule has 4 aromatic rings. The van der Waals surface area contributed by atoms with E-state index in [1.54, 1.807) is 0 Å². The molecule has 0 bridgehead atoms. The number of fused-ring (bicyclic) bond motifs is 4. The normalized spacial score (nSPS) is 14.9. The number of anilines is 4. The van der Waals surface area contributed by atoms with Crippen LogP contribution in [0.1, 0.15) is 11.1 Å². The van der Waals surface area contributed by atoms with Crippen LogP contribution >= 0.6 is 23.5 Å². The third-order valence-electron chi connectivity index (χ3n) is 7.78. The molecule has 2 heterocycles. The van der Waals surface area contributed by atoms with Crippen LogP contribution in [0.5, 0.6) is 0 Å². The van der Waals surface area contributed by atoms with Crippen LogP contribution in [0, 0.1) is 0 Å². The molecule has 0 aromatic heterocycles. The van der Waals surface area contributed by atoms with Crippen molar-refractivity contribution in [2.45, 2.75) is 19.6 Å². The lowest BCUT2D eigenvalue weighted by atomic mass is 9.90. The van der Waals surface area contributed by atoms with E-state index < -0.39 is 0 Å². The molecule has 3 nitrogen and oxygen atoms in total. The van der Waals surface area contributed by atoms with Crippen LogP contribution in [-0.4, -0.2) is 38.5 Å². The molecule has 5 heteroatoms. The van der Waals surface area contributed by atoms with Gasteiger partial charge >= 0.3 is 0 Å². The lowest BCUT2D eigenvalue weighted by Gasteiger charge is -2.31. The third-order valence-corrected chi connectivity index (χ3v) is 10.0. The fourth-order valence-corrected chi connectivity index (χ4v) is 7.87. The van der Waals surface area contributed by atoms with Crippen molar-refractivity contribution in [3.8, 4) is 0 Å². The van der Waals surface area contributed by atoms with Crippen LogP contribution in [0.2, 0.25) is 0 Å². The molecule has 40 heavy (non-hydrogen) atoms. The molecule has 0 spiro atoms. The van der Waals surface area contributed by atoms with Gasteiger partial charge in [-0.05, 0) is 83.0 Å². The number of benzene rings is 4. The molecule has 0 N–H and O–H groups in total. The number of hydrogen-bond donors (Lipinski definition) is 0. The molecule has 2 aliphatic heterocycles. The van der Waals surface area contributed by atoms with E-state index in [1.165, 1.54) is 70.3 Å². The summed E-state index contributed by atoms with van der Waals surface area (Å²) in [6.07, 6.45) is 8.93. The van der Waals surface area contributed by atoms with Gasteiger partial charge in [-0.25, -0.2) is 4.58 Å². The van der Waals surface area contributed by atoms with Crippen LogP contribution in [-0.2, 0) is 0 Å². The van der Waals surface area contributed by atoms with Crippen molar-refractivity contribution in [2.24, 2.45) is 0 Å². The Morgan fingerprint density at radius 2 is 1.00 bits per heavy atom. The maximum absolute atomic E-state index is 2.36. The minimum atomic E-state index is 1.19. The second-order valence-electron chi connectivity index (χ2n) is 10.4. The Morgan fingerprint density at radius 3 is 1.48 bits per heavy atom. The molecule has 0 saturated heterocycles. The number of allylic oxidation sites excluding steroid dienone is 5. The monoisotopic (exact) mass is 556 g/mol. The van der Waals surface area contributed by atoms with Crippen molar-refractivity contribution in [1.29, 1.82) is 0 Å². The van der Waals surface area contributed by atoms with Crippen LogP contribution < -0.4 is 9.80 Å². The summed E-state index contributed by atoms with van der Waals surface area (Å²) in [6.45, 7) is 0. The highest BCUT2D eigenvalue weighted by molar-refractivity contribution is 8.00. The fourth-order valence-electron chi connectivity index (χ4n) is 5.61. The molecular formula is C35H30N3S2+. The number of rotatable bonds is 2. The molecule has 0 unspecified atom stereocenters.